The summed E-state index contributed by atoms with van der Waals surface area (Å²) in [6.07, 6.45) is 1.88. The Hall–Kier alpha value is -0.940. The number of hydrogen-bond acceptors (Lipinski definition) is 4. The van der Waals surface area contributed by atoms with Crippen LogP contribution < -0.4 is 5.73 Å². The number of rotatable bonds is 6. The molecule has 0 saturated heterocycles. The van der Waals surface area contributed by atoms with Gasteiger partial charge in [-0.15, -0.1) is 5.10 Å². The first kappa shape index (κ1) is 11.1. The highest BCUT2D eigenvalue weighted by atomic mass is 16.5. The standard InChI is InChI=1S/C9H18N4O/c1-3-9-8(7-10)11-12-13(9)5-4-6-14-2/h3-7,10H2,1-2H3. The fourth-order valence-electron chi connectivity index (χ4n) is 1.45. The average Bonchev–Trinajstić information content (AvgIpc) is 2.60. The second kappa shape index (κ2) is 5.72. The molecule has 5 heteroatoms. The lowest BCUT2D eigenvalue weighted by Crippen LogP contribution is -2.08. The van der Waals surface area contributed by atoms with Gasteiger partial charge in [0.15, 0.2) is 0 Å². The van der Waals surface area contributed by atoms with E-state index in [0.717, 1.165) is 37.4 Å². The fourth-order valence-corrected chi connectivity index (χ4v) is 1.45. The van der Waals surface area contributed by atoms with E-state index in [2.05, 4.69) is 17.2 Å². The molecule has 1 rings (SSSR count). The predicted octanol–water partition coefficient (Wildman–Crippen LogP) is 0.336. The zero-order valence-electron chi connectivity index (χ0n) is 8.86. The van der Waals surface area contributed by atoms with Crippen LogP contribution in [0.3, 0.4) is 0 Å². The molecule has 1 heterocycles. The molecule has 0 spiro atoms. The van der Waals surface area contributed by atoms with E-state index in [-0.39, 0.29) is 0 Å². The van der Waals surface area contributed by atoms with E-state index in [4.69, 9.17) is 10.5 Å². The maximum absolute atomic E-state index is 5.55. The van der Waals surface area contributed by atoms with E-state index >= 15 is 0 Å². The predicted molar refractivity (Wildman–Crippen MR) is 53.8 cm³/mol. The smallest absolute Gasteiger partial charge is 0.0994 e. The molecular formula is C9H18N4O. The van der Waals surface area contributed by atoms with Crippen molar-refractivity contribution in [2.24, 2.45) is 5.73 Å². The van der Waals surface area contributed by atoms with E-state index < -0.39 is 0 Å². The van der Waals surface area contributed by atoms with E-state index in [1.807, 2.05) is 4.68 Å². The van der Waals surface area contributed by atoms with Gasteiger partial charge in [0.25, 0.3) is 0 Å². The Morgan fingerprint density at radius 2 is 2.29 bits per heavy atom. The molecule has 0 radical (unpaired) electrons. The van der Waals surface area contributed by atoms with Crippen LogP contribution in [0.4, 0.5) is 0 Å². The first-order chi connectivity index (χ1) is 6.83. The fraction of sp³-hybridized carbons (Fsp3) is 0.778. The summed E-state index contributed by atoms with van der Waals surface area (Å²) >= 11 is 0. The van der Waals surface area contributed by atoms with Crippen LogP contribution in [0.1, 0.15) is 24.7 Å². The number of ether oxygens (including phenoxy) is 1. The van der Waals surface area contributed by atoms with Gasteiger partial charge in [-0.25, -0.2) is 4.68 Å². The van der Waals surface area contributed by atoms with E-state index in [0.29, 0.717) is 6.54 Å². The van der Waals surface area contributed by atoms with Crippen LogP contribution in [-0.4, -0.2) is 28.7 Å². The molecule has 0 bridgehead atoms. The number of aryl methyl sites for hydroxylation is 1. The van der Waals surface area contributed by atoms with Gasteiger partial charge >= 0.3 is 0 Å². The molecule has 80 valence electrons. The molecule has 0 amide bonds. The molecular weight excluding hydrogens is 180 g/mol. The van der Waals surface area contributed by atoms with Crippen molar-refractivity contribution in [2.45, 2.75) is 32.9 Å². The van der Waals surface area contributed by atoms with Crippen LogP contribution in [0.15, 0.2) is 0 Å². The van der Waals surface area contributed by atoms with Crippen molar-refractivity contribution in [3.8, 4) is 0 Å². The van der Waals surface area contributed by atoms with Crippen LogP contribution in [-0.2, 0) is 24.2 Å². The van der Waals surface area contributed by atoms with Crippen molar-refractivity contribution in [2.75, 3.05) is 13.7 Å². The molecule has 0 atom stereocenters. The van der Waals surface area contributed by atoms with Crippen molar-refractivity contribution in [1.29, 1.82) is 0 Å². The number of aromatic nitrogens is 3. The second-order valence-corrected chi connectivity index (χ2v) is 3.11. The maximum Gasteiger partial charge on any atom is 0.0994 e. The number of nitrogens with zero attached hydrogens (tertiary/aromatic N) is 3. The Bertz CT molecular complexity index is 272. The number of nitrogens with two attached hydrogens (primary N) is 1. The molecule has 0 fully saturated rings. The highest BCUT2D eigenvalue weighted by Crippen LogP contribution is 2.06. The molecule has 0 aliphatic heterocycles. The third kappa shape index (κ3) is 2.52. The van der Waals surface area contributed by atoms with Gasteiger partial charge in [-0.1, -0.05) is 12.1 Å². The lowest BCUT2D eigenvalue weighted by molar-refractivity contribution is 0.188. The highest BCUT2D eigenvalue weighted by molar-refractivity contribution is 5.09. The van der Waals surface area contributed by atoms with Crippen molar-refractivity contribution >= 4 is 0 Å². The van der Waals surface area contributed by atoms with E-state index in [1.54, 1.807) is 7.11 Å². The highest BCUT2D eigenvalue weighted by Gasteiger charge is 2.08. The van der Waals surface area contributed by atoms with Gasteiger partial charge in [0.2, 0.25) is 0 Å². The normalized spacial score (nSPS) is 10.8. The van der Waals surface area contributed by atoms with Crippen LogP contribution in [0.2, 0.25) is 0 Å². The van der Waals surface area contributed by atoms with E-state index in [9.17, 15) is 0 Å². The summed E-state index contributed by atoms with van der Waals surface area (Å²) in [6.45, 7) is 4.16. The van der Waals surface area contributed by atoms with Gasteiger partial charge in [-0.2, -0.15) is 0 Å². The Balaban J connectivity index is 2.61. The molecule has 0 aromatic carbocycles. The molecule has 0 unspecified atom stereocenters. The zero-order chi connectivity index (χ0) is 10.4. The summed E-state index contributed by atoms with van der Waals surface area (Å²) in [6, 6.07) is 0. The summed E-state index contributed by atoms with van der Waals surface area (Å²) in [5.41, 5.74) is 7.60. The van der Waals surface area contributed by atoms with Crippen LogP contribution in [0.5, 0.6) is 0 Å². The monoisotopic (exact) mass is 198 g/mol. The molecule has 2 N–H and O–H groups in total. The summed E-state index contributed by atoms with van der Waals surface area (Å²) in [5.74, 6) is 0. The van der Waals surface area contributed by atoms with Crippen molar-refractivity contribution in [3.63, 3.8) is 0 Å². The lowest BCUT2D eigenvalue weighted by atomic mass is 10.2. The first-order valence-electron chi connectivity index (χ1n) is 4.93. The summed E-state index contributed by atoms with van der Waals surface area (Å²) in [4.78, 5) is 0. The van der Waals surface area contributed by atoms with E-state index in [1.165, 1.54) is 0 Å². The van der Waals surface area contributed by atoms with Gasteiger partial charge in [-0.3, -0.25) is 0 Å². The van der Waals surface area contributed by atoms with Gasteiger partial charge < -0.3 is 10.5 Å². The molecule has 5 nitrogen and oxygen atoms in total. The van der Waals surface area contributed by atoms with Crippen molar-refractivity contribution < 1.29 is 4.74 Å². The molecule has 1 aromatic rings. The van der Waals surface area contributed by atoms with Gasteiger partial charge in [0.05, 0.1) is 11.4 Å². The first-order valence-corrected chi connectivity index (χ1v) is 4.93. The Morgan fingerprint density at radius 3 is 2.86 bits per heavy atom. The molecule has 0 aliphatic carbocycles. The topological polar surface area (TPSA) is 66.0 Å². The Labute approximate surface area is 84.2 Å². The third-order valence-corrected chi connectivity index (χ3v) is 2.16. The van der Waals surface area contributed by atoms with Crippen LogP contribution >= 0.6 is 0 Å². The average molecular weight is 198 g/mol. The summed E-state index contributed by atoms with van der Waals surface area (Å²) in [5, 5.41) is 8.09. The summed E-state index contributed by atoms with van der Waals surface area (Å²) in [7, 11) is 1.70. The Morgan fingerprint density at radius 1 is 1.50 bits per heavy atom. The maximum atomic E-state index is 5.55. The van der Waals surface area contributed by atoms with Crippen LogP contribution in [0.25, 0.3) is 0 Å². The minimum atomic E-state index is 0.466. The van der Waals surface area contributed by atoms with Crippen molar-refractivity contribution in [3.05, 3.63) is 11.4 Å². The minimum absolute atomic E-state index is 0.466. The largest absolute Gasteiger partial charge is 0.385 e. The lowest BCUT2D eigenvalue weighted by Gasteiger charge is -2.04. The molecule has 14 heavy (non-hydrogen) atoms. The quantitative estimate of drug-likeness (QED) is 0.669. The van der Waals surface area contributed by atoms with Gasteiger partial charge in [-0.05, 0) is 12.8 Å². The molecule has 1 aromatic heterocycles. The second-order valence-electron chi connectivity index (χ2n) is 3.11. The zero-order valence-corrected chi connectivity index (χ0v) is 8.86. The van der Waals surface area contributed by atoms with Gasteiger partial charge in [0, 0.05) is 26.8 Å². The SMILES string of the molecule is CCc1c(CN)nnn1CCCOC. The number of hydrogen-bond donors (Lipinski definition) is 1. The van der Waals surface area contributed by atoms with Crippen LogP contribution in [0, 0.1) is 0 Å². The third-order valence-electron chi connectivity index (χ3n) is 2.16. The summed E-state index contributed by atoms with van der Waals surface area (Å²) < 4.78 is 6.90. The minimum Gasteiger partial charge on any atom is -0.385 e. The molecule has 0 saturated carbocycles. The number of methoxy groups -OCH3 is 1. The van der Waals surface area contributed by atoms with Crippen molar-refractivity contribution in [1.82, 2.24) is 15.0 Å². The Kier molecular flexibility index (Phi) is 4.55. The van der Waals surface area contributed by atoms with Gasteiger partial charge in [0.1, 0.15) is 0 Å². The molecule has 0 aliphatic rings.